The molecule has 0 radical (unpaired) electrons. The fourth-order valence-electron chi connectivity index (χ4n) is 2.68. The Morgan fingerprint density at radius 2 is 1.90 bits per heavy atom. The largest absolute Gasteiger partial charge is 0.355 e. The molecule has 2 rings (SSSR count). The van der Waals surface area contributed by atoms with Crippen molar-refractivity contribution in [3.05, 3.63) is 69.5 Å². The topological polar surface area (TPSA) is 49.4 Å². The van der Waals surface area contributed by atoms with Crippen LogP contribution in [-0.2, 0) is 21.9 Å². The summed E-state index contributed by atoms with van der Waals surface area (Å²) in [6, 6.07) is 10.9. The van der Waals surface area contributed by atoms with E-state index in [1.807, 2.05) is 6.07 Å². The number of rotatable bonds is 9. The predicted molar refractivity (Wildman–Crippen MR) is 118 cm³/mol. The standard InChI is InChI=1S/C21H23Cl2FN2O2S/c1-3-25-21(28)14(2)26(11-16-6-4-5-7-19(16)24)20(27)13-29-12-15-8-9-17(22)18(23)10-15/h4-10,14H,3,11-13H2,1-2H3,(H,25,28)/t14-/m1/s1. The molecule has 4 nitrogen and oxygen atoms in total. The molecule has 156 valence electrons. The normalized spacial score (nSPS) is 11.8. The van der Waals surface area contributed by atoms with Gasteiger partial charge < -0.3 is 10.2 Å². The minimum absolute atomic E-state index is 0.0249. The highest BCUT2D eigenvalue weighted by Crippen LogP contribution is 2.25. The van der Waals surface area contributed by atoms with E-state index < -0.39 is 11.9 Å². The van der Waals surface area contributed by atoms with Crippen LogP contribution in [0.25, 0.3) is 0 Å². The fourth-order valence-corrected chi connectivity index (χ4v) is 3.86. The van der Waals surface area contributed by atoms with Gasteiger partial charge in [0.05, 0.1) is 15.8 Å². The van der Waals surface area contributed by atoms with Crippen LogP contribution in [0.3, 0.4) is 0 Å². The molecule has 8 heteroatoms. The van der Waals surface area contributed by atoms with Crippen molar-refractivity contribution >= 4 is 46.8 Å². The van der Waals surface area contributed by atoms with Crippen molar-refractivity contribution in [2.24, 2.45) is 0 Å². The molecule has 0 unspecified atom stereocenters. The Balaban J connectivity index is 2.07. The lowest BCUT2D eigenvalue weighted by atomic mass is 10.1. The first-order valence-electron chi connectivity index (χ1n) is 9.15. The molecule has 2 aromatic rings. The number of amides is 2. The Bertz CT molecular complexity index is 866. The number of nitrogens with zero attached hydrogens (tertiary/aromatic N) is 1. The van der Waals surface area contributed by atoms with Gasteiger partial charge in [0.2, 0.25) is 11.8 Å². The average molecular weight is 457 g/mol. The molecule has 0 aliphatic rings. The van der Waals surface area contributed by atoms with Crippen molar-refractivity contribution in [1.82, 2.24) is 10.2 Å². The van der Waals surface area contributed by atoms with Gasteiger partial charge in [-0.05, 0) is 37.6 Å². The van der Waals surface area contributed by atoms with Crippen LogP contribution in [0.2, 0.25) is 10.0 Å². The van der Waals surface area contributed by atoms with Gasteiger partial charge in [0.25, 0.3) is 0 Å². The average Bonchev–Trinajstić information content (AvgIpc) is 2.69. The third kappa shape index (κ3) is 6.91. The smallest absolute Gasteiger partial charge is 0.242 e. The maximum Gasteiger partial charge on any atom is 0.242 e. The number of hydrogen-bond acceptors (Lipinski definition) is 3. The summed E-state index contributed by atoms with van der Waals surface area (Å²) < 4.78 is 14.1. The first-order valence-corrected chi connectivity index (χ1v) is 11.1. The molecular formula is C21H23Cl2FN2O2S. The first kappa shape index (κ1) is 23.5. The Morgan fingerprint density at radius 3 is 2.55 bits per heavy atom. The van der Waals surface area contributed by atoms with Crippen molar-refractivity contribution < 1.29 is 14.0 Å². The van der Waals surface area contributed by atoms with Gasteiger partial charge in [0.1, 0.15) is 11.9 Å². The van der Waals surface area contributed by atoms with E-state index in [1.54, 1.807) is 44.2 Å². The summed E-state index contributed by atoms with van der Waals surface area (Å²) in [5.41, 5.74) is 1.31. The van der Waals surface area contributed by atoms with Gasteiger partial charge in [-0.1, -0.05) is 47.5 Å². The third-order valence-corrected chi connectivity index (χ3v) is 6.02. The zero-order chi connectivity index (χ0) is 21.4. The predicted octanol–water partition coefficient (Wildman–Crippen LogP) is 4.92. The van der Waals surface area contributed by atoms with Gasteiger partial charge in [-0.3, -0.25) is 9.59 Å². The summed E-state index contributed by atoms with van der Waals surface area (Å²) in [6.45, 7) is 3.93. The van der Waals surface area contributed by atoms with Gasteiger partial charge in [0.15, 0.2) is 0 Å². The summed E-state index contributed by atoms with van der Waals surface area (Å²) >= 11 is 13.3. The molecule has 0 aliphatic carbocycles. The second-order valence-electron chi connectivity index (χ2n) is 6.42. The molecule has 0 fully saturated rings. The molecule has 2 amide bonds. The van der Waals surface area contributed by atoms with Crippen molar-refractivity contribution in [3.63, 3.8) is 0 Å². The van der Waals surface area contributed by atoms with Crippen molar-refractivity contribution in [1.29, 1.82) is 0 Å². The zero-order valence-electron chi connectivity index (χ0n) is 16.3. The Kier molecular flexibility index (Phi) is 9.27. The molecule has 0 spiro atoms. The molecule has 0 aromatic heterocycles. The highest BCUT2D eigenvalue weighted by Gasteiger charge is 2.26. The third-order valence-electron chi connectivity index (χ3n) is 4.30. The quantitative estimate of drug-likeness (QED) is 0.582. The molecule has 0 bridgehead atoms. The van der Waals surface area contributed by atoms with Gasteiger partial charge in [-0.2, -0.15) is 0 Å². The van der Waals surface area contributed by atoms with Crippen molar-refractivity contribution in [2.75, 3.05) is 12.3 Å². The minimum Gasteiger partial charge on any atom is -0.355 e. The second-order valence-corrected chi connectivity index (χ2v) is 8.22. The Hall–Kier alpha value is -1.76. The fraction of sp³-hybridized carbons (Fsp3) is 0.333. The number of thioether (sulfide) groups is 1. The number of benzene rings is 2. The lowest BCUT2D eigenvalue weighted by Gasteiger charge is -2.28. The highest BCUT2D eigenvalue weighted by molar-refractivity contribution is 7.99. The molecule has 1 atom stereocenters. The van der Waals surface area contributed by atoms with E-state index >= 15 is 0 Å². The van der Waals surface area contributed by atoms with Gasteiger partial charge >= 0.3 is 0 Å². The summed E-state index contributed by atoms with van der Waals surface area (Å²) in [4.78, 5) is 26.6. The summed E-state index contributed by atoms with van der Waals surface area (Å²) in [5.74, 6) is -0.204. The summed E-state index contributed by atoms with van der Waals surface area (Å²) in [6.07, 6.45) is 0. The van der Waals surface area contributed by atoms with Crippen LogP contribution in [0, 0.1) is 5.82 Å². The number of carbonyl (C=O) groups is 2. The Morgan fingerprint density at radius 1 is 1.17 bits per heavy atom. The Labute approximate surface area is 184 Å². The van der Waals surface area contributed by atoms with E-state index in [-0.39, 0.29) is 24.1 Å². The molecule has 0 saturated carbocycles. The maximum atomic E-state index is 14.1. The van der Waals surface area contributed by atoms with E-state index in [0.29, 0.717) is 27.9 Å². The van der Waals surface area contributed by atoms with Crippen LogP contribution < -0.4 is 5.32 Å². The van der Waals surface area contributed by atoms with Crippen LogP contribution in [0.1, 0.15) is 25.0 Å². The summed E-state index contributed by atoms with van der Waals surface area (Å²) in [5, 5.41) is 3.65. The van der Waals surface area contributed by atoms with Crippen LogP contribution in [0.15, 0.2) is 42.5 Å². The lowest BCUT2D eigenvalue weighted by molar-refractivity contribution is -0.138. The number of halogens is 3. The lowest BCUT2D eigenvalue weighted by Crippen LogP contribution is -2.48. The van der Waals surface area contributed by atoms with E-state index in [4.69, 9.17) is 23.2 Å². The van der Waals surface area contributed by atoms with E-state index in [2.05, 4.69) is 5.32 Å². The molecular weight excluding hydrogens is 434 g/mol. The van der Waals surface area contributed by atoms with E-state index in [9.17, 15) is 14.0 Å². The SMILES string of the molecule is CCNC(=O)[C@@H](C)N(Cc1ccccc1F)C(=O)CSCc1ccc(Cl)c(Cl)c1. The van der Waals surface area contributed by atoms with E-state index in [1.165, 1.54) is 22.7 Å². The molecule has 29 heavy (non-hydrogen) atoms. The van der Waals surface area contributed by atoms with Crippen LogP contribution in [0.5, 0.6) is 0 Å². The zero-order valence-corrected chi connectivity index (χ0v) is 18.6. The first-order chi connectivity index (χ1) is 13.8. The molecule has 0 aliphatic heterocycles. The van der Waals surface area contributed by atoms with Crippen LogP contribution in [0.4, 0.5) is 4.39 Å². The minimum atomic E-state index is -0.715. The number of nitrogens with one attached hydrogen (secondary N) is 1. The maximum absolute atomic E-state index is 14.1. The van der Waals surface area contributed by atoms with Crippen LogP contribution in [-0.4, -0.2) is 35.1 Å². The molecule has 1 N–H and O–H groups in total. The highest BCUT2D eigenvalue weighted by atomic mass is 35.5. The van der Waals surface area contributed by atoms with Gasteiger partial charge in [-0.25, -0.2) is 4.39 Å². The van der Waals surface area contributed by atoms with E-state index in [0.717, 1.165) is 5.56 Å². The van der Waals surface area contributed by atoms with Gasteiger partial charge in [-0.15, -0.1) is 11.8 Å². The molecule has 2 aromatic carbocycles. The number of hydrogen-bond donors (Lipinski definition) is 1. The second kappa shape index (κ2) is 11.4. The number of carbonyl (C=O) groups excluding carboxylic acids is 2. The molecule has 0 saturated heterocycles. The monoisotopic (exact) mass is 456 g/mol. The number of likely N-dealkylation sites (N-methyl/N-ethyl adjacent to an activating group) is 1. The van der Waals surface area contributed by atoms with Crippen molar-refractivity contribution in [3.8, 4) is 0 Å². The summed E-state index contributed by atoms with van der Waals surface area (Å²) in [7, 11) is 0. The van der Waals surface area contributed by atoms with Gasteiger partial charge in [0, 0.05) is 24.4 Å². The van der Waals surface area contributed by atoms with Crippen LogP contribution >= 0.6 is 35.0 Å². The van der Waals surface area contributed by atoms with Crippen molar-refractivity contribution in [2.45, 2.75) is 32.2 Å². The molecule has 0 heterocycles.